The highest BCUT2D eigenvalue weighted by Gasteiger charge is 2.41. The molecule has 0 aromatic heterocycles. The number of hydrogen-bond acceptors (Lipinski definition) is 3. The number of alkyl halides is 3. The molecular weight excluding hydrogens is 271 g/mol. The van der Waals surface area contributed by atoms with E-state index in [1.165, 1.54) is 12.1 Å². The number of rotatable bonds is 4. The van der Waals surface area contributed by atoms with Crippen LogP contribution in [0.1, 0.15) is 38.1 Å². The third-order valence-corrected chi connectivity index (χ3v) is 3.51. The summed E-state index contributed by atoms with van der Waals surface area (Å²) >= 11 is 0. The fraction of sp³-hybridized carbons (Fsp3) is 0.500. The van der Waals surface area contributed by atoms with Gasteiger partial charge in [0.2, 0.25) is 0 Å². The van der Waals surface area contributed by atoms with Gasteiger partial charge in [0.05, 0.1) is 0 Å². The molecule has 0 aliphatic rings. The predicted octanol–water partition coefficient (Wildman–Crippen LogP) is 3.53. The van der Waals surface area contributed by atoms with Gasteiger partial charge < -0.3 is 10.5 Å². The van der Waals surface area contributed by atoms with Crippen molar-refractivity contribution in [2.75, 3.05) is 0 Å². The summed E-state index contributed by atoms with van der Waals surface area (Å²) < 4.78 is 40.3. The Balaban J connectivity index is 3.10. The number of ether oxygens (including phenoxy) is 1. The highest BCUT2D eigenvalue weighted by Crippen LogP contribution is 2.33. The van der Waals surface area contributed by atoms with Gasteiger partial charge in [-0.25, -0.2) is 0 Å². The van der Waals surface area contributed by atoms with Gasteiger partial charge in [0.15, 0.2) is 5.78 Å². The van der Waals surface area contributed by atoms with Crippen molar-refractivity contribution in [2.45, 2.75) is 39.6 Å². The lowest BCUT2D eigenvalue weighted by molar-refractivity contribution is -0.274. The van der Waals surface area contributed by atoms with E-state index in [9.17, 15) is 18.0 Å². The van der Waals surface area contributed by atoms with E-state index in [0.717, 1.165) is 12.1 Å². The molecule has 0 saturated heterocycles. The maximum Gasteiger partial charge on any atom is 0.573 e. The standard InChI is InChI=1S/C14H18F3NO2/c1-12(2,13(3,4)18)11(19)9-6-5-7-10(8-9)20-14(15,16)17/h5-8H,18H2,1-4H3. The highest BCUT2D eigenvalue weighted by atomic mass is 19.4. The van der Waals surface area contributed by atoms with Crippen LogP contribution in [0.15, 0.2) is 24.3 Å². The largest absolute Gasteiger partial charge is 0.573 e. The summed E-state index contributed by atoms with van der Waals surface area (Å²) in [4.78, 5) is 12.4. The second-order valence-electron chi connectivity index (χ2n) is 5.75. The predicted molar refractivity (Wildman–Crippen MR) is 69.5 cm³/mol. The second-order valence-corrected chi connectivity index (χ2v) is 5.75. The van der Waals surface area contributed by atoms with Gasteiger partial charge in [0.25, 0.3) is 0 Å². The quantitative estimate of drug-likeness (QED) is 0.863. The van der Waals surface area contributed by atoms with E-state index in [2.05, 4.69) is 4.74 Å². The molecule has 3 nitrogen and oxygen atoms in total. The molecule has 6 heteroatoms. The third-order valence-electron chi connectivity index (χ3n) is 3.51. The van der Waals surface area contributed by atoms with Crippen molar-refractivity contribution in [3.05, 3.63) is 29.8 Å². The second kappa shape index (κ2) is 5.09. The van der Waals surface area contributed by atoms with E-state index in [0.29, 0.717) is 0 Å². The van der Waals surface area contributed by atoms with Gasteiger partial charge in [-0.15, -0.1) is 13.2 Å². The Kier molecular flexibility index (Phi) is 4.20. The molecule has 0 bridgehead atoms. The Morgan fingerprint density at radius 1 is 1.15 bits per heavy atom. The summed E-state index contributed by atoms with van der Waals surface area (Å²) in [6, 6.07) is 5.00. The Morgan fingerprint density at radius 3 is 2.15 bits per heavy atom. The molecule has 2 N–H and O–H groups in total. The molecule has 0 radical (unpaired) electrons. The topological polar surface area (TPSA) is 52.3 Å². The molecule has 0 unspecified atom stereocenters. The lowest BCUT2D eigenvalue weighted by Gasteiger charge is -2.37. The Morgan fingerprint density at radius 2 is 1.70 bits per heavy atom. The van der Waals surface area contributed by atoms with E-state index in [1.54, 1.807) is 27.7 Å². The molecule has 0 amide bonds. The molecule has 1 rings (SSSR count). The van der Waals surface area contributed by atoms with Crippen LogP contribution in [0.4, 0.5) is 13.2 Å². The van der Waals surface area contributed by atoms with E-state index in [4.69, 9.17) is 5.73 Å². The van der Waals surface area contributed by atoms with Gasteiger partial charge in [-0.1, -0.05) is 26.0 Å². The van der Waals surface area contributed by atoms with Crippen LogP contribution < -0.4 is 10.5 Å². The summed E-state index contributed by atoms with van der Waals surface area (Å²) in [5, 5.41) is 0. The van der Waals surface area contributed by atoms with Crippen LogP contribution >= 0.6 is 0 Å². The zero-order valence-electron chi connectivity index (χ0n) is 11.8. The summed E-state index contributed by atoms with van der Waals surface area (Å²) in [6.45, 7) is 6.71. The normalized spacial score (nSPS) is 13.2. The van der Waals surface area contributed by atoms with Gasteiger partial charge in [-0.2, -0.15) is 0 Å². The van der Waals surface area contributed by atoms with Gasteiger partial charge >= 0.3 is 6.36 Å². The Bertz CT molecular complexity index is 502. The molecular formula is C14H18F3NO2. The Hall–Kier alpha value is -1.56. The average molecular weight is 289 g/mol. The van der Waals surface area contributed by atoms with Crippen molar-refractivity contribution >= 4 is 5.78 Å². The third kappa shape index (κ3) is 3.72. The fourth-order valence-corrected chi connectivity index (χ4v) is 1.49. The average Bonchev–Trinajstić information content (AvgIpc) is 2.24. The van der Waals surface area contributed by atoms with Gasteiger partial charge in [0, 0.05) is 16.5 Å². The molecule has 20 heavy (non-hydrogen) atoms. The van der Waals surface area contributed by atoms with E-state index in [-0.39, 0.29) is 11.3 Å². The molecule has 1 aromatic carbocycles. The van der Waals surface area contributed by atoms with Crippen molar-refractivity contribution in [1.29, 1.82) is 0 Å². The first-order valence-electron chi connectivity index (χ1n) is 6.04. The van der Waals surface area contributed by atoms with Crippen molar-refractivity contribution in [3.8, 4) is 5.75 Å². The van der Waals surface area contributed by atoms with Crippen molar-refractivity contribution in [3.63, 3.8) is 0 Å². The zero-order chi connectivity index (χ0) is 15.8. The highest BCUT2D eigenvalue weighted by molar-refractivity contribution is 6.01. The summed E-state index contributed by atoms with van der Waals surface area (Å²) in [5.74, 6) is -0.758. The molecule has 0 fully saturated rings. The number of benzene rings is 1. The minimum Gasteiger partial charge on any atom is -0.406 e. The first-order chi connectivity index (χ1) is 8.84. The van der Waals surface area contributed by atoms with E-state index >= 15 is 0 Å². The number of hydrogen-bond donors (Lipinski definition) is 1. The van der Waals surface area contributed by atoms with Crippen LogP contribution in [0.5, 0.6) is 5.75 Å². The molecule has 0 heterocycles. The van der Waals surface area contributed by atoms with E-state index < -0.39 is 23.1 Å². The first-order valence-corrected chi connectivity index (χ1v) is 6.04. The molecule has 112 valence electrons. The van der Waals surface area contributed by atoms with Crippen LogP contribution in [-0.2, 0) is 0 Å². The van der Waals surface area contributed by atoms with Crippen LogP contribution in [0, 0.1) is 5.41 Å². The number of Topliss-reactive ketones (excluding diaryl/α,β-unsaturated/α-hetero) is 1. The van der Waals surface area contributed by atoms with Crippen LogP contribution in [0.2, 0.25) is 0 Å². The monoisotopic (exact) mass is 289 g/mol. The van der Waals surface area contributed by atoms with Crippen molar-refractivity contribution in [1.82, 2.24) is 0 Å². The fourth-order valence-electron chi connectivity index (χ4n) is 1.49. The van der Waals surface area contributed by atoms with Crippen LogP contribution in [0.25, 0.3) is 0 Å². The molecule has 0 aliphatic heterocycles. The minimum atomic E-state index is -4.79. The minimum absolute atomic E-state index is 0.135. The van der Waals surface area contributed by atoms with Crippen LogP contribution in [-0.4, -0.2) is 17.7 Å². The Labute approximate surface area is 115 Å². The molecule has 0 aliphatic carbocycles. The number of halogens is 3. The lowest BCUT2D eigenvalue weighted by Crippen LogP contribution is -2.51. The van der Waals surface area contributed by atoms with Gasteiger partial charge in [-0.3, -0.25) is 4.79 Å². The molecule has 0 atom stereocenters. The lowest BCUT2D eigenvalue weighted by atomic mass is 9.70. The van der Waals surface area contributed by atoms with Crippen molar-refractivity contribution < 1.29 is 22.7 Å². The van der Waals surface area contributed by atoms with Crippen LogP contribution in [0.3, 0.4) is 0 Å². The summed E-state index contributed by atoms with van der Waals surface area (Å²) in [5.41, 5.74) is 4.35. The number of carbonyl (C=O) groups excluding carboxylic acids is 1. The van der Waals surface area contributed by atoms with E-state index in [1.807, 2.05) is 0 Å². The molecule has 0 spiro atoms. The SMILES string of the molecule is CC(C)(N)C(C)(C)C(=O)c1cccc(OC(F)(F)F)c1. The number of ketones is 1. The maximum atomic E-state index is 12.4. The molecule has 1 aromatic rings. The number of nitrogens with two attached hydrogens (primary N) is 1. The van der Waals surface area contributed by atoms with Gasteiger partial charge in [0.1, 0.15) is 5.75 Å². The number of carbonyl (C=O) groups is 1. The summed E-state index contributed by atoms with van der Waals surface area (Å²) in [7, 11) is 0. The zero-order valence-corrected chi connectivity index (χ0v) is 11.8. The summed E-state index contributed by atoms with van der Waals surface area (Å²) in [6.07, 6.45) is -4.79. The molecule has 0 saturated carbocycles. The smallest absolute Gasteiger partial charge is 0.406 e. The first kappa shape index (κ1) is 16.5. The van der Waals surface area contributed by atoms with Gasteiger partial charge in [-0.05, 0) is 26.0 Å². The maximum absolute atomic E-state index is 12.4. The van der Waals surface area contributed by atoms with Crippen molar-refractivity contribution in [2.24, 2.45) is 11.1 Å².